The summed E-state index contributed by atoms with van der Waals surface area (Å²) in [4.78, 5) is 2.64. The van der Waals surface area contributed by atoms with Crippen LogP contribution in [0.3, 0.4) is 0 Å². The van der Waals surface area contributed by atoms with Gasteiger partial charge in [0.1, 0.15) is 0 Å². The van der Waals surface area contributed by atoms with Gasteiger partial charge >= 0.3 is 0 Å². The Labute approximate surface area is 101 Å². The van der Waals surface area contributed by atoms with Gasteiger partial charge in [-0.1, -0.05) is 35.4 Å². The van der Waals surface area contributed by atoms with E-state index in [9.17, 15) is 0 Å². The highest BCUT2D eigenvalue weighted by molar-refractivity contribution is 5.13. The molecule has 0 spiro atoms. The normalized spacial score (nSPS) is 9.88. The molecule has 0 atom stereocenters. The molecule has 92 valence electrons. The molecule has 0 heterocycles. The number of ether oxygens (including phenoxy) is 2. The molecule has 1 aromatic carbocycles. The molecule has 0 fully saturated rings. The lowest BCUT2D eigenvalue weighted by Gasteiger charge is -2.04. The fourth-order valence-electron chi connectivity index (χ4n) is 1.28. The molecule has 0 saturated carbocycles. The standard InChI is InChI=1S/C12H17N3O2/c13-15-14-7-10-16-8-4-9-17-11-12-5-2-1-3-6-12/h1-3,5-6H,4,7-11H2. The van der Waals surface area contributed by atoms with Crippen LogP contribution in [0.5, 0.6) is 0 Å². The highest BCUT2D eigenvalue weighted by atomic mass is 16.5. The van der Waals surface area contributed by atoms with Crippen molar-refractivity contribution in [1.29, 1.82) is 0 Å². The smallest absolute Gasteiger partial charge is 0.0716 e. The molecule has 0 aliphatic heterocycles. The van der Waals surface area contributed by atoms with Gasteiger partial charge in [0, 0.05) is 24.7 Å². The van der Waals surface area contributed by atoms with E-state index in [0.29, 0.717) is 33.0 Å². The Kier molecular flexibility index (Phi) is 7.68. The first-order chi connectivity index (χ1) is 8.43. The molecule has 5 nitrogen and oxygen atoms in total. The van der Waals surface area contributed by atoms with E-state index < -0.39 is 0 Å². The largest absolute Gasteiger partial charge is 0.381 e. The van der Waals surface area contributed by atoms with Gasteiger partial charge in [0.05, 0.1) is 13.2 Å². The second-order valence-electron chi connectivity index (χ2n) is 3.46. The predicted octanol–water partition coefficient (Wildman–Crippen LogP) is 2.92. The zero-order valence-corrected chi connectivity index (χ0v) is 9.79. The summed E-state index contributed by atoms with van der Waals surface area (Å²) in [6, 6.07) is 10.1. The second kappa shape index (κ2) is 9.66. The molecule has 0 radical (unpaired) electrons. The van der Waals surface area contributed by atoms with E-state index in [1.54, 1.807) is 0 Å². The Balaban J connectivity index is 1.89. The SMILES string of the molecule is [N-]=[N+]=NCCOCCCOCc1ccccc1. The minimum Gasteiger partial charge on any atom is -0.381 e. The molecule has 0 unspecified atom stereocenters. The zero-order valence-electron chi connectivity index (χ0n) is 9.79. The fraction of sp³-hybridized carbons (Fsp3) is 0.500. The van der Waals surface area contributed by atoms with Crippen LogP contribution in [0.2, 0.25) is 0 Å². The minimum atomic E-state index is 0.390. The van der Waals surface area contributed by atoms with E-state index in [1.807, 2.05) is 30.3 Å². The van der Waals surface area contributed by atoms with Gasteiger partial charge < -0.3 is 9.47 Å². The van der Waals surface area contributed by atoms with Crippen molar-refractivity contribution in [3.8, 4) is 0 Å². The fourth-order valence-corrected chi connectivity index (χ4v) is 1.28. The second-order valence-corrected chi connectivity index (χ2v) is 3.46. The van der Waals surface area contributed by atoms with Crippen LogP contribution in [0.1, 0.15) is 12.0 Å². The lowest BCUT2D eigenvalue weighted by molar-refractivity contribution is 0.0784. The summed E-state index contributed by atoms with van der Waals surface area (Å²) in [5.74, 6) is 0. The maximum Gasteiger partial charge on any atom is 0.0716 e. The molecule has 1 aromatic rings. The Morgan fingerprint density at radius 1 is 1.06 bits per heavy atom. The van der Waals surface area contributed by atoms with Crippen LogP contribution >= 0.6 is 0 Å². The molecule has 0 amide bonds. The summed E-state index contributed by atoms with van der Waals surface area (Å²) in [5.41, 5.74) is 9.21. The molecule has 0 N–H and O–H groups in total. The van der Waals surface area contributed by atoms with Crippen LogP contribution < -0.4 is 0 Å². The molecular formula is C12H17N3O2. The van der Waals surface area contributed by atoms with E-state index in [1.165, 1.54) is 5.56 Å². The van der Waals surface area contributed by atoms with Gasteiger partial charge in [-0.05, 0) is 17.5 Å². The summed E-state index contributed by atoms with van der Waals surface area (Å²) < 4.78 is 10.7. The van der Waals surface area contributed by atoms with Crippen molar-refractivity contribution in [2.24, 2.45) is 5.11 Å². The van der Waals surface area contributed by atoms with Crippen molar-refractivity contribution < 1.29 is 9.47 Å². The van der Waals surface area contributed by atoms with Crippen molar-refractivity contribution in [3.05, 3.63) is 46.3 Å². The number of hydrogen-bond acceptors (Lipinski definition) is 3. The summed E-state index contributed by atoms with van der Waals surface area (Å²) in [5, 5.41) is 3.37. The zero-order chi connectivity index (χ0) is 12.2. The quantitative estimate of drug-likeness (QED) is 0.286. The first kappa shape index (κ1) is 13.5. The maximum atomic E-state index is 8.03. The third-order valence-corrected chi connectivity index (χ3v) is 2.09. The molecule has 0 aromatic heterocycles. The Bertz CT molecular complexity index is 337. The molecule has 1 rings (SSSR count). The first-order valence-corrected chi connectivity index (χ1v) is 5.64. The molecule has 0 bridgehead atoms. The van der Waals surface area contributed by atoms with E-state index >= 15 is 0 Å². The number of benzene rings is 1. The summed E-state index contributed by atoms with van der Waals surface area (Å²) >= 11 is 0. The number of nitrogens with zero attached hydrogens (tertiary/aromatic N) is 3. The van der Waals surface area contributed by atoms with Gasteiger partial charge in [-0.25, -0.2) is 0 Å². The molecule has 5 heteroatoms. The summed E-state index contributed by atoms with van der Waals surface area (Å²) in [6.45, 7) is 2.82. The molecule has 0 aliphatic rings. The topological polar surface area (TPSA) is 67.2 Å². The lowest BCUT2D eigenvalue weighted by Crippen LogP contribution is -2.03. The van der Waals surface area contributed by atoms with Gasteiger partial charge in [-0.2, -0.15) is 0 Å². The number of rotatable bonds is 9. The van der Waals surface area contributed by atoms with E-state index in [-0.39, 0.29) is 0 Å². The van der Waals surface area contributed by atoms with Gasteiger partial charge in [-0.15, -0.1) is 0 Å². The number of hydrogen-bond donors (Lipinski definition) is 0. The van der Waals surface area contributed by atoms with E-state index in [2.05, 4.69) is 10.0 Å². The summed E-state index contributed by atoms with van der Waals surface area (Å²) in [7, 11) is 0. The van der Waals surface area contributed by atoms with Crippen molar-refractivity contribution in [2.45, 2.75) is 13.0 Å². The van der Waals surface area contributed by atoms with Crippen LogP contribution in [-0.2, 0) is 16.1 Å². The van der Waals surface area contributed by atoms with E-state index in [4.69, 9.17) is 15.0 Å². The Morgan fingerprint density at radius 2 is 1.82 bits per heavy atom. The van der Waals surface area contributed by atoms with Gasteiger partial charge in [0.2, 0.25) is 0 Å². The maximum absolute atomic E-state index is 8.03. The van der Waals surface area contributed by atoms with Crippen LogP contribution in [0.4, 0.5) is 0 Å². The van der Waals surface area contributed by atoms with Gasteiger partial charge in [0.15, 0.2) is 0 Å². The van der Waals surface area contributed by atoms with Gasteiger partial charge in [-0.3, -0.25) is 0 Å². The van der Waals surface area contributed by atoms with Crippen molar-refractivity contribution >= 4 is 0 Å². The van der Waals surface area contributed by atoms with Crippen LogP contribution in [0.15, 0.2) is 35.4 Å². The molecule has 0 aliphatic carbocycles. The summed E-state index contributed by atoms with van der Waals surface area (Å²) in [6.07, 6.45) is 0.850. The van der Waals surface area contributed by atoms with Crippen LogP contribution in [-0.4, -0.2) is 26.4 Å². The average Bonchev–Trinajstić information content (AvgIpc) is 2.38. The minimum absolute atomic E-state index is 0.390. The Hall–Kier alpha value is -1.55. The van der Waals surface area contributed by atoms with Crippen molar-refractivity contribution in [2.75, 3.05) is 26.4 Å². The van der Waals surface area contributed by atoms with Gasteiger partial charge in [0.25, 0.3) is 0 Å². The lowest BCUT2D eigenvalue weighted by atomic mass is 10.2. The first-order valence-electron chi connectivity index (χ1n) is 5.64. The Morgan fingerprint density at radius 3 is 2.59 bits per heavy atom. The predicted molar refractivity (Wildman–Crippen MR) is 65.5 cm³/mol. The highest BCUT2D eigenvalue weighted by Gasteiger charge is 1.92. The molecule has 17 heavy (non-hydrogen) atoms. The van der Waals surface area contributed by atoms with Crippen molar-refractivity contribution in [1.82, 2.24) is 0 Å². The average molecular weight is 235 g/mol. The third kappa shape index (κ3) is 7.36. The van der Waals surface area contributed by atoms with Crippen molar-refractivity contribution in [3.63, 3.8) is 0 Å². The number of azide groups is 1. The highest BCUT2D eigenvalue weighted by Crippen LogP contribution is 2.00. The molecular weight excluding hydrogens is 218 g/mol. The monoisotopic (exact) mass is 235 g/mol. The molecule has 0 saturated heterocycles. The van der Waals surface area contributed by atoms with E-state index in [0.717, 1.165) is 6.42 Å². The van der Waals surface area contributed by atoms with Crippen LogP contribution in [0.25, 0.3) is 10.4 Å². The van der Waals surface area contributed by atoms with Crippen LogP contribution in [0, 0.1) is 0 Å². The third-order valence-electron chi connectivity index (χ3n) is 2.09.